The van der Waals surface area contributed by atoms with Crippen LogP contribution in [0.4, 0.5) is 0 Å². The molecule has 1 heterocycles. The first kappa shape index (κ1) is 8.73. The quantitative estimate of drug-likeness (QED) is 0.706. The summed E-state index contributed by atoms with van der Waals surface area (Å²) in [5, 5.41) is 3.18. The minimum atomic E-state index is 0.0879. The molecule has 1 aliphatic rings. The van der Waals surface area contributed by atoms with Gasteiger partial charge in [0.05, 0.1) is 6.61 Å². The summed E-state index contributed by atoms with van der Waals surface area (Å²) in [7, 11) is 1.94. The maximum Gasteiger partial charge on any atom is 0.134 e. The fraction of sp³-hybridized carbons (Fsp3) is 0.455. The summed E-state index contributed by atoms with van der Waals surface area (Å²) >= 11 is 0. The molecule has 70 valence electrons. The highest BCUT2D eigenvalue weighted by Gasteiger charge is 2.20. The zero-order valence-electron chi connectivity index (χ0n) is 8.13. The van der Waals surface area contributed by atoms with E-state index in [1.807, 2.05) is 7.05 Å². The van der Waals surface area contributed by atoms with Crippen LogP contribution in [0.25, 0.3) is 0 Å². The molecule has 2 rings (SSSR count). The van der Waals surface area contributed by atoms with E-state index in [4.69, 9.17) is 4.74 Å². The molecule has 0 unspecified atom stereocenters. The van der Waals surface area contributed by atoms with Crippen LogP contribution in [-0.4, -0.2) is 13.7 Å². The average molecular weight is 177 g/mol. The van der Waals surface area contributed by atoms with Gasteiger partial charge in [0.2, 0.25) is 0 Å². The summed E-state index contributed by atoms with van der Waals surface area (Å²) in [6.45, 7) is 2.96. The molecule has 0 saturated carbocycles. The minimum Gasteiger partial charge on any atom is -0.359 e. The zero-order valence-corrected chi connectivity index (χ0v) is 8.13. The molecule has 2 heteroatoms. The number of hydrogen-bond acceptors (Lipinski definition) is 2. The van der Waals surface area contributed by atoms with Crippen LogP contribution in [0.5, 0.6) is 0 Å². The molecule has 13 heavy (non-hydrogen) atoms. The molecule has 1 aromatic carbocycles. The highest BCUT2D eigenvalue weighted by atomic mass is 16.5. The number of fused-ring (bicyclic) bond motifs is 1. The Balaban J connectivity index is 2.47. The lowest BCUT2D eigenvalue weighted by atomic mass is 9.96. The van der Waals surface area contributed by atoms with Crippen LogP contribution in [0.15, 0.2) is 18.2 Å². The van der Waals surface area contributed by atoms with Gasteiger partial charge in [-0.1, -0.05) is 18.2 Å². The fourth-order valence-electron chi connectivity index (χ4n) is 1.93. The molecular formula is C11H15NO. The molecule has 1 N–H and O–H groups in total. The first-order valence-electron chi connectivity index (χ1n) is 4.70. The molecule has 0 aromatic heterocycles. The molecule has 0 bridgehead atoms. The van der Waals surface area contributed by atoms with Crippen LogP contribution < -0.4 is 5.32 Å². The fourth-order valence-corrected chi connectivity index (χ4v) is 1.93. The Morgan fingerprint density at radius 1 is 1.46 bits per heavy atom. The van der Waals surface area contributed by atoms with E-state index in [1.54, 1.807) is 0 Å². The summed E-state index contributed by atoms with van der Waals surface area (Å²) in [6.07, 6.45) is 1.12. The van der Waals surface area contributed by atoms with Gasteiger partial charge >= 0.3 is 0 Å². The summed E-state index contributed by atoms with van der Waals surface area (Å²) in [5.74, 6) is 0. The lowest BCUT2D eigenvalue weighted by Crippen LogP contribution is -2.27. The van der Waals surface area contributed by atoms with Crippen molar-refractivity contribution in [2.45, 2.75) is 19.6 Å². The van der Waals surface area contributed by atoms with E-state index in [1.165, 1.54) is 16.7 Å². The Morgan fingerprint density at radius 3 is 3.08 bits per heavy atom. The number of rotatable bonds is 1. The Bertz CT molecular complexity index is 309. The third kappa shape index (κ3) is 1.47. The Morgan fingerprint density at radius 2 is 2.31 bits per heavy atom. The maximum absolute atomic E-state index is 5.62. The van der Waals surface area contributed by atoms with Crippen LogP contribution in [-0.2, 0) is 11.2 Å². The zero-order chi connectivity index (χ0) is 9.26. The van der Waals surface area contributed by atoms with Gasteiger partial charge in [-0.2, -0.15) is 0 Å². The van der Waals surface area contributed by atoms with Gasteiger partial charge in [-0.25, -0.2) is 0 Å². The molecule has 1 aliphatic heterocycles. The van der Waals surface area contributed by atoms with Crippen molar-refractivity contribution in [1.82, 2.24) is 5.32 Å². The minimum absolute atomic E-state index is 0.0879. The predicted octanol–water partition coefficient (Wildman–Crippen LogP) is 1.79. The van der Waals surface area contributed by atoms with Gasteiger partial charge in [-0.05, 0) is 31.5 Å². The molecule has 1 aromatic rings. The number of benzene rings is 1. The van der Waals surface area contributed by atoms with Crippen LogP contribution in [0.1, 0.15) is 22.9 Å². The third-order valence-corrected chi connectivity index (χ3v) is 2.59. The molecule has 2 nitrogen and oxygen atoms in total. The molecule has 0 amide bonds. The van der Waals surface area contributed by atoms with Gasteiger partial charge in [0.15, 0.2) is 0 Å². The van der Waals surface area contributed by atoms with E-state index in [0.29, 0.717) is 0 Å². The van der Waals surface area contributed by atoms with Crippen LogP contribution in [0.3, 0.4) is 0 Å². The highest BCUT2D eigenvalue weighted by Crippen LogP contribution is 2.27. The van der Waals surface area contributed by atoms with Crippen molar-refractivity contribution in [2.24, 2.45) is 0 Å². The second-order valence-corrected chi connectivity index (χ2v) is 3.44. The molecule has 0 spiro atoms. The first-order chi connectivity index (χ1) is 6.33. The van der Waals surface area contributed by atoms with Gasteiger partial charge in [-0.15, -0.1) is 0 Å². The number of hydrogen-bond donors (Lipinski definition) is 1. The van der Waals surface area contributed by atoms with E-state index in [0.717, 1.165) is 13.0 Å². The van der Waals surface area contributed by atoms with Crippen LogP contribution in [0.2, 0.25) is 0 Å². The van der Waals surface area contributed by atoms with Crippen molar-refractivity contribution in [3.63, 3.8) is 0 Å². The highest BCUT2D eigenvalue weighted by molar-refractivity contribution is 5.37. The molecule has 0 radical (unpaired) electrons. The summed E-state index contributed by atoms with van der Waals surface area (Å²) in [6, 6.07) is 6.44. The third-order valence-electron chi connectivity index (χ3n) is 2.59. The van der Waals surface area contributed by atoms with Crippen molar-refractivity contribution >= 4 is 0 Å². The number of nitrogens with one attached hydrogen (secondary N) is 1. The monoisotopic (exact) mass is 177 g/mol. The predicted molar refractivity (Wildman–Crippen MR) is 52.6 cm³/mol. The lowest BCUT2D eigenvalue weighted by Gasteiger charge is -2.27. The van der Waals surface area contributed by atoms with Crippen molar-refractivity contribution in [2.75, 3.05) is 13.7 Å². The molecule has 0 aliphatic carbocycles. The van der Waals surface area contributed by atoms with E-state index >= 15 is 0 Å². The van der Waals surface area contributed by atoms with Gasteiger partial charge in [0.1, 0.15) is 6.23 Å². The lowest BCUT2D eigenvalue weighted by molar-refractivity contribution is 0.0235. The molecule has 0 fully saturated rings. The second-order valence-electron chi connectivity index (χ2n) is 3.44. The van der Waals surface area contributed by atoms with Crippen LogP contribution in [0, 0.1) is 6.92 Å². The number of aryl methyl sites for hydroxylation is 1. The van der Waals surface area contributed by atoms with E-state index < -0.39 is 0 Å². The van der Waals surface area contributed by atoms with Gasteiger partial charge in [0, 0.05) is 5.56 Å². The van der Waals surface area contributed by atoms with Crippen molar-refractivity contribution in [3.8, 4) is 0 Å². The SMILES string of the molecule is CN[C@@H]1OCCc2cccc(C)c21. The smallest absolute Gasteiger partial charge is 0.134 e. The van der Waals surface area contributed by atoms with Crippen molar-refractivity contribution in [3.05, 3.63) is 34.9 Å². The average Bonchev–Trinajstić information content (AvgIpc) is 2.17. The molecule has 0 saturated heterocycles. The van der Waals surface area contributed by atoms with E-state index in [2.05, 4.69) is 30.4 Å². The van der Waals surface area contributed by atoms with E-state index in [-0.39, 0.29) is 6.23 Å². The van der Waals surface area contributed by atoms with Gasteiger partial charge in [-0.3, -0.25) is 5.32 Å². The Hall–Kier alpha value is -0.860. The Kier molecular flexibility index (Phi) is 2.34. The molecule has 1 atom stereocenters. The maximum atomic E-state index is 5.62. The van der Waals surface area contributed by atoms with Crippen molar-refractivity contribution in [1.29, 1.82) is 0 Å². The Labute approximate surface area is 78.9 Å². The number of ether oxygens (including phenoxy) is 1. The van der Waals surface area contributed by atoms with Crippen LogP contribution >= 0.6 is 0 Å². The normalized spacial score (nSPS) is 21.2. The first-order valence-corrected chi connectivity index (χ1v) is 4.70. The summed E-state index contributed by atoms with van der Waals surface area (Å²) in [4.78, 5) is 0. The summed E-state index contributed by atoms with van der Waals surface area (Å²) < 4.78 is 5.62. The second kappa shape index (κ2) is 3.48. The standard InChI is InChI=1S/C11H15NO/c1-8-4-3-5-9-6-7-13-11(12-2)10(8)9/h3-5,11-12H,6-7H2,1-2H3/t11-/m1/s1. The topological polar surface area (TPSA) is 21.3 Å². The largest absolute Gasteiger partial charge is 0.359 e. The summed E-state index contributed by atoms with van der Waals surface area (Å²) in [5.41, 5.74) is 4.07. The van der Waals surface area contributed by atoms with Gasteiger partial charge < -0.3 is 4.74 Å². The van der Waals surface area contributed by atoms with Gasteiger partial charge in [0.25, 0.3) is 0 Å². The van der Waals surface area contributed by atoms with E-state index in [9.17, 15) is 0 Å². The van der Waals surface area contributed by atoms with Crippen molar-refractivity contribution < 1.29 is 4.74 Å². The molecular weight excluding hydrogens is 162 g/mol.